The number of carbonyl (C=O) groups is 1. The van der Waals surface area contributed by atoms with E-state index in [1.54, 1.807) is 74.6 Å². The topological polar surface area (TPSA) is 86.5 Å². The summed E-state index contributed by atoms with van der Waals surface area (Å²) < 4.78 is 17.1. The number of amides is 1. The van der Waals surface area contributed by atoms with Gasteiger partial charge in [-0.3, -0.25) is 4.79 Å². The quantitative estimate of drug-likeness (QED) is 0.437. The molecule has 0 atom stereocenters. The molecular weight excluding hydrogens is 418 g/mol. The first kappa shape index (κ1) is 20.7. The summed E-state index contributed by atoms with van der Waals surface area (Å²) in [6.07, 6.45) is 1.65. The van der Waals surface area contributed by atoms with Crippen LogP contribution in [0.3, 0.4) is 0 Å². The molecule has 7 nitrogen and oxygen atoms in total. The molecule has 1 amide bonds. The van der Waals surface area contributed by atoms with Crippen LogP contribution in [0.2, 0.25) is 5.02 Å². The minimum atomic E-state index is -1.16. The third kappa shape index (κ3) is 4.46. The molecule has 158 valence electrons. The first-order chi connectivity index (χ1) is 14.9. The Morgan fingerprint density at radius 2 is 1.90 bits per heavy atom. The normalized spacial score (nSPS) is 11.4. The molecule has 4 rings (SSSR count). The van der Waals surface area contributed by atoms with Gasteiger partial charge in [0.2, 0.25) is 5.89 Å². The lowest BCUT2D eigenvalue weighted by Gasteiger charge is -2.26. The molecule has 0 aliphatic rings. The van der Waals surface area contributed by atoms with Gasteiger partial charge in [0.15, 0.2) is 16.8 Å². The largest absolute Gasteiger partial charge is 0.495 e. The lowest BCUT2D eigenvalue weighted by atomic mass is 10.1. The van der Waals surface area contributed by atoms with E-state index in [0.717, 1.165) is 0 Å². The zero-order chi connectivity index (χ0) is 22.0. The number of nitrogens with one attached hydrogen (secondary N) is 1. The molecule has 0 saturated carbocycles. The van der Waals surface area contributed by atoms with Gasteiger partial charge in [-0.1, -0.05) is 11.6 Å². The van der Waals surface area contributed by atoms with Crippen molar-refractivity contribution in [1.29, 1.82) is 0 Å². The molecule has 0 spiro atoms. The highest BCUT2D eigenvalue weighted by molar-refractivity contribution is 6.30. The van der Waals surface area contributed by atoms with Gasteiger partial charge in [0.05, 0.1) is 12.8 Å². The number of aromatic nitrogens is 2. The van der Waals surface area contributed by atoms with Gasteiger partial charge in [-0.2, -0.15) is 4.98 Å². The molecule has 8 heteroatoms. The maximum Gasteiger partial charge on any atom is 0.268 e. The number of rotatable bonds is 6. The average molecular weight is 438 g/mol. The highest BCUT2D eigenvalue weighted by Gasteiger charge is 2.31. The Morgan fingerprint density at radius 1 is 1.13 bits per heavy atom. The van der Waals surface area contributed by atoms with Crippen LogP contribution in [-0.4, -0.2) is 28.6 Å². The van der Waals surface area contributed by atoms with Crippen LogP contribution in [0.5, 0.6) is 11.5 Å². The third-order valence-corrected chi connectivity index (χ3v) is 4.85. The molecule has 2 heterocycles. The van der Waals surface area contributed by atoms with Crippen LogP contribution < -0.4 is 14.8 Å². The van der Waals surface area contributed by atoms with Crippen molar-refractivity contribution in [3.05, 3.63) is 65.8 Å². The molecule has 0 bridgehead atoms. The number of carbonyl (C=O) groups excluding carboxylic acids is 1. The van der Waals surface area contributed by atoms with Crippen molar-refractivity contribution in [3.63, 3.8) is 0 Å². The predicted molar refractivity (Wildman–Crippen MR) is 119 cm³/mol. The Bertz CT molecular complexity index is 1200. The zero-order valence-corrected chi connectivity index (χ0v) is 17.9. The predicted octanol–water partition coefficient (Wildman–Crippen LogP) is 5.35. The van der Waals surface area contributed by atoms with Crippen LogP contribution in [0, 0.1) is 0 Å². The molecule has 0 aliphatic carbocycles. The van der Waals surface area contributed by atoms with Crippen molar-refractivity contribution >= 4 is 34.4 Å². The molecular formula is C23H20ClN3O4. The fourth-order valence-electron chi connectivity index (χ4n) is 2.95. The fourth-order valence-corrected chi connectivity index (χ4v) is 3.07. The van der Waals surface area contributed by atoms with Gasteiger partial charge in [-0.25, -0.2) is 4.98 Å². The van der Waals surface area contributed by atoms with Crippen molar-refractivity contribution in [1.82, 2.24) is 9.97 Å². The molecule has 0 fully saturated rings. The van der Waals surface area contributed by atoms with E-state index in [1.165, 1.54) is 7.11 Å². The van der Waals surface area contributed by atoms with E-state index in [1.807, 2.05) is 0 Å². The Labute approximate surface area is 184 Å². The van der Waals surface area contributed by atoms with Crippen LogP contribution >= 0.6 is 11.6 Å². The highest BCUT2D eigenvalue weighted by atomic mass is 35.5. The first-order valence-corrected chi connectivity index (χ1v) is 9.89. The van der Waals surface area contributed by atoms with Crippen LogP contribution in [0.25, 0.3) is 22.7 Å². The third-order valence-electron chi connectivity index (χ3n) is 4.59. The average Bonchev–Trinajstić information content (AvgIpc) is 3.19. The maximum atomic E-state index is 13.0. The van der Waals surface area contributed by atoms with Crippen LogP contribution in [-0.2, 0) is 4.79 Å². The number of hydrogen-bond acceptors (Lipinski definition) is 6. The van der Waals surface area contributed by atoms with E-state index >= 15 is 0 Å². The van der Waals surface area contributed by atoms with E-state index in [9.17, 15) is 4.79 Å². The summed E-state index contributed by atoms with van der Waals surface area (Å²) in [7, 11) is 1.53. The van der Waals surface area contributed by atoms with Crippen molar-refractivity contribution in [2.75, 3.05) is 12.4 Å². The van der Waals surface area contributed by atoms with Crippen LogP contribution in [0.15, 0.2) is 65.2 Å². The Kier molecular flexibility index (Phi) is 5.52. The summed E-state index contributed by atoms with van der Waals surface area (Å²) in [6.45, 7) is 3.36. The summed E-state index contributed by atoms with van der Waals surface area (Å²) in [5.74, 6) is 1.07. The van der Waals surface area contributed by atoms with Gasteiger partial charge in [0, 0.05) is 16.8 Å². The van der Waals surface area contributed by atoms with Gasteiger partial charge in [0.1, 0.15) is 11.5 Å². The number of hydrogen-bond donors (Lipinski definition) is 1. The summed E-state index contributed by atoms with van der Waals surface area (Å²) in [5.41, 5.74) is 1.07. The van der Waals surface area contributed by atoms with Gasteiger partial charge in [0.25, 0.3) is 5.91 Å². The lowest BCUT2D eigenvalue weighted by Crippen LogP contribution is -2.42. The SMILES string of the molecule is COc1ccc(-c2nc3ncccc3o2)cc1NC(=O)C(C)(C)Oc1ccc(Cl)cc1. The number of oxazole rings is 1. The first-order valence-electron chi connectivity index (χ1n) is 9.52. The van der Waals surface area contributed by atoms with E-state index in [2.05, 4.69) is 15.3 Å². The number of benzene rings is 2. The standard InChI is InChI=1S/C23H20ClN3O4/c1-23(2,31-16-9-7-15(24)8-10-16)22(28)26-17-13-14(6-11-18(17)29-3)21-27-20-19(30-21)5-4-12-25-20/h4-13H,1-3H3,(H,26,28). The number of methoxy groups -OCH3 is 1. The zero-order valence-electron chi connectivity index (χ0n) is 17.2. The van der Waals surface area contributed by atoms with Gasteiger partial charge in [-0.15, -0.1) is 0 Å². The summed E-state index contributed by atoms with van der Waals surface area (Å²) >= 11 is 5.91. The number of nitrogens with zero attached hydrogens (tertiary/aromatic N) is 2. The maximum absolute atomic E-state index is 13.0. The second-order valence-corrected chi connectivity index (χ2v) is 7.72. The summed E-state index contributed by atoms with van der Waals surface area (Å²) in [5, 5.41) is 3.47. The smallest absolute Gasteiger partial charge is 0.268 e. The van der Waals surface area contributed by atoms with Crippen molar-refractivity contribution in [2.24, 2.45) is 0 Å². The monoisotopic (exact) mass is 437 g/mol. The molecule has 31 heavy (non-hydrogen) atoms. The second-order valence-electron chi connectivity index (χ2n) is 7.28. The number of pyridine rings is 1. The molecule has 4 aromatic rings. The summed E-state index contributed by atoms with van der Waals surface area (Å²) in [4.78, 5) is 21.6. The molecule has 0 aliphatic heterocycles. The van der Waals surface area contributed by atoms with E-state index in [4.69, 9.17) is 25.5 Å². The molecule has 0 saturated heterocycles. The molecule has 2 aromatic carbocycles. The van der Waals surface area contributed by atoms with Crippen molar-refractivity contribution < 1.29 is 18.7 Å². The fraction of sp³-hybridized carbons (Fsp3) is 0.174. The minimum Gasteiger partial charge on any atom is -0.495 e. The van der Waals surface area contributed by atoms with Crippen molar-refractivity contribution in [2.45, 2.75) is 19.4 Å². The highest BCUT2D eigenvalue weighted by Crippen LogP contribution is 2.32. The molecule has 0 radical (unpaired) electrons. The van der Waals surface area contributed by atoms with Gasteiger partial charge in [-0.05, 0) is 68.4 Å². The van der Waals surface area contributed by atoms with E-state index in [-0.39, 0.29) is 5.91 Å². The number of fused-ring (bicyclic) bond motifs is 1. The van der Waals surface area contributed by atoms with E-state index in [0.29, 0.717) is 44.9 Å². The van der Waals surface area contributed by atoms with Gasteiger partial charge < -0.3 is 19.2 Å². The Balaban J connectivity index is 1.59. The van der Waals surface area contributed by atoms with Gasteiger partial charge >= 0.3 is 0 Å². The summed E-state index contributed by atoms with van der Waals surface area (Å²) in [6, 6.07) is 15.7. The number of ether oxygens (including phenoxy) is 2. The van der Waals surface area contributed by atoms with Crippen LogP contribution in [0.4, 0.5) is 5.69 Å². The minimum absolute atomic E-state index is 0.350. The number of anilines is 1. The number of halogens is 1. The Morgan fingerprint density at radius 3 is 2.61 bits per heavy atom. The molecule has 0 unspecified atom stereocenters. The molecule has 2 aromatic heterocycles. The Hall–Kier alpha value is -3.58. The van der Waals surface area contributed by atoms with E-state index < -0.39 is 5.60 Å². The molecule has 1 N–H and O–H groups in total. The van der Waals surface area contributed by atoms with Crippen molar-refractivity contribution in [3.8, 4) is 23.0 Å². The second kappa shape index (κ2) is 8.28. The van der Waals surface area contributed by atoms with Crippen LogP contribution in [0.1, 0.15) is 13.8 Å². The lowest BCUT2D eigenvalue weighted by molar-refractivity contribution is -0.128.